The van der Waals surface area contributed by atoms with Crippen molar-refractivity contribution in [1.29, 1.82) is 0 Å². The Labute approximate surface area is 533 Å². The van der Waals surface area contributed by atoms with Crippen LogP contribution in [-0.2, 0) is 66.3 Å². The molecule has 22 fully saturated rings. The van der Waals surface area contributed by atoms with E-state index in [-0.39, 0.29) is 24.0 Å². The van der Waals surface area contributed by atoms with Crippen molar-refractivity contribution in [2.45, 2.75) is 249 Å². The average Bonchev–Trinajstić information content (AvgIpc) is 1.12. The van der Waals surface area contributed by atoms with Crippen LogP contribution in [0.5, 0.6) is 0 Å². The molecule has 528 valence electrons. The highest BCUT2D eigenvalue weighted by Crippen LogP contribution is 2.40. The van der Waals surface area contributed by atoms with E-state index in [9.17, 15) is 107 Å². The van der Waals surface area contributed by atoms with Crippen LogP contribution >= 0.6 is 0 Å². The second kappa shape index (κ2) is 32.3. The number of likely N-dealkylation sites (tertiary alicyclic amines) is 1. The van der Waals surface area contributed by atoms with Crippen LogP contribution in [0.25, 0.3) is 0 Å². The molecule has 22 heterocycles. The molecule has 90 heavy (non-hydrogen) atoms. The van der Waals surface area contributed by atoms with Crippen molar-refractivity contribution in [3.8, 4) is 0 Å². The molecule has 0 spiro atoms. The van der Waals surface area contributed by atoms with E-state index in [0.29, 0.717) is 5.41 Å². The van der Waals surface area contributed by atoms with Gasteiger partial charge in [0.2, 0.25) is 0 Å². The number of ether oxygens (including phenoxy) is 14. The van der Waals surface area contributed by atoms with E-state index in [1.165, 1.54) is 30.4 Å². The molecule has 0 saturated carbocycles. The fourth-order valence-electron chi connectivity index (χ4n) is 13.3. The van der Waals surface area contributed by atoms with Crippen molar-refractivity contribution in [1.82, 2.24) is 0 Å². The highest BCUT2D eigenvalue weighted by Gasteiger charge is 2.59. The highest BCUT2D eigenvalue weighted by molar-refractivity contribution is 5.02. The molecule has 0 aromatic rings. The topological polar surface area (TPSA) is 554 Å². The van der Waals surface area contributed by atoms with Crippen LogP contribution in [0.1, 0.15) is 33.6 Å². The third kappa shape index (κ3) is 16.5. The van der Waals surface area contributed by atoms with Gasteiger partial charge in [0.15, 0.2) is 44.0 Å². The summed E-state index contributed by atoms with van der Waals surface area (Å²) in [5, 5.41) is 230. The maximum absolute atomic E-state index is 11.3. The molecular formula is C53H94INO35. The minimum absolute atomic E-state index is 0. The van der Waals surface area contributed by atoms with E-state index in [1.807, 2.05) is 0 Å². The maximum atomic E-state index is 11.3. The first-order valence-electron chi connectivity index (χ1n) is 29.7. The number of hydrogen-bond donors (Lipinski definition) is 21. The third-order valence-corrected chi connectivity index (χ3v) is 17.8. The number of quaternary nitrogens is 1. The lowest BCUT2D eigenvalue weighted by atomic mass is 9.83. The fourth-order valence-corrected chi connectivity index (χ4v) is 13.3. The summed E-state index contributed by atoms with van der Waals surface area (Å²) in [5.74, 6) is 0.917. The van der Waals surface area contributed by atoms with Gasteiger partial charge in [-0.3, -0.25) is 0 Å². The third-order valence-electron chi connectivity index (χ3n) is 17.8. The van der Waals surface area contributed by atoms with Gasteiger partial charge in [0.05, 0.1) is 73.4 Å². The summed E-state index contributed by atoms with van der Waals surface area (Å²) in [5.41, 5.74) is 0.541. The van der Waals surface area contributed by atoms with Crippen LogP contribution in [0, 0.1) is 11.3 Å². The first-order chi connectivity index (χ1) is 42.0. The molecule has 22 saturated heterocycles. The Bertz CT molecular complexity index is 1810. The largest absolute Gasteiger partial charge is 1.00 e. The zero-order chi connectivity index (χ0) is 65.5. The summed E-state index contributed by atoms with van der Waals surface area (Å²) in [6, 6.07) is 0. The van der Waals surface area contributed by atoms with Crippen molar-refractivity contribution in [3.63, 3.8) is 0 Å². The van der Waals surface area contributed by atoms with Gasteiger partial charge in [0.25, 0.3) is 0 Å². The summed E-state index contributed by atoms with van der Waals surface area (Å²) >= 11 is 0. The molecule has 36 nitrogen and oxygen atoms in total. The van der Waals surface area contributed by atoms with E-state index in [0.717, 1.165) is 5.92 Å². The zero-order valence-electron chi connectivity index (χ0n) is 50.0. The van der Waals surface area contributed by atoms with E-state index >= 15 is 0 Å². The lowest BCUT2D eigenvalue weighted by Gasteiger charge is -2.50. The summed E-state index contributed by atoms with van der Waals surface area (Å²) in [6.45, 7) is 2.57. The van der Waals surface area contributed by atoms with Crippen LogP contribution < -0.4 is 24.0 Å². The zero-order valence-corrected chi connectivity index (χ0v) is 52.2. The molecule has 36 atom stereocenters. The van der Waals surface area contributed by atoms with Gasteiger partial charge in [-0.15, -0.1) is 0 Å². The number of nitrogens with zero attached hydrogens (tertiary/aromatic N) is 1. The normalized spacial score (nSPS) is 51.9. The van der Waals surface area contributed by atoms with Gasteiger partial charge < -0.3 is 202 Å². The molecule has 21 N–H and O–H groups in total. The highest BCUT2D eigenvalue weighted by atomic mass is 127. The van der Waals surface area contributed by atoms with Crippen molar-refractivity contribution >= 4 is 0 Å². The lowest BCUT2D eigenvalue weighted by Crippen LogP contribution is -3.00. The van der Waals surface area contributed by atoms with Crippen molar-refractivity contribution < 1.29 is 202 Å². The van der Waals surface area contributed by atoms with Gasteiger partial charge in [-0.2, -0.15) is 0 Å². The Morgan fingerprint density at radius 1 is 0.300 bits per heavy atom. The molecule has 22 aliphatic heterocycles. The smallest absolute Gasteiger partial charge is 0.187 e. The quantitative estimate of drug-likeness (QED) is 0.0831. The predicted octanol–water partition coefficient (Wildman–Crippen LogP) is -15.7. The van der Waals surface area contributed by atoms with Crippen LogP contribution in [0.2, 0.25) is 0 Å². The minimum Gasteiger partial charge on any atom is -1.00 e. The second-order valence-electron chi connectivity index (χ2n) is 25.7. The van der Waals surface area contributed by atoms with Crippen LogP contribution in [0.4, 0.5) is 0 Å². The van der Waals surface area contributed by atoms with Crippen LogP contribution in [-0.4, -0.2) is 400 Å². The van der Waals surface area contributed by atoms with Crippen molar-refractivity contribution in [3.05, 3.63) is 0 Å². The maximum Gasteiger partial charge on any atom is 0.187 e. The summed E-state index contributed by atoms with van der Waals surface area (Å²) in [4.78, 5) is 0. The fraction of sp³-hybridized carbons (Fsp3) is 1.00. The Hall–Kier alpha value is -0.710. The number of aliphatic hydroxyl groups is 21. The summed E-state index contributed by atoms with van der Waals surface area (Å²) in [7, 11) is 4.72. The monoisotopic (exact) mass is 1430 g/mol. The molecule has 37 heteroatoms. The van der Waals surface area contributed by atoms with E-state index in [2.05, 4.69) is 34.9 Å². The molecule has 0 amide bonds. The van der Waals surface area contributed by atoms with E-state index in [1.54, 1.807) is 0 Å². The Morgan fingerprint density at radius 3 is 0.622 bits per heavy atom. The molecule has 0 aliphatic carbocycles. The standard InChI is InChI=1S/C42H70O35.C11H24N.HI/c43-1-8-29-15(50)22(57)36(64-8)72-30-9(2-44)66-38(24(59)17(30)52)74-32-11(4-46)68-40(26(61)19(32)54)76-34-13(6-48)70-42(28(63)21(34)56)77-35-14(7-49)69-41(27(62)20(35)55)75-33-12(5-47)67-39(25(60)18(33)53)73-31-10(3-45)65-37(71-29)23(58)16(31)51;1-10-6-7-12(4,5)9-11(2,3)8-10;/h8-63H,1-7H2;10H,6-9H2,1-5H3;1H/q;+1;/p-1/t8-,9-,10-,11-,12-,13-,14-,15-,16-,17-,18-,19-,20-,21-,22-,23-,24-,25-,26-,27-,28+,29-,30-,31-,32-,33-,34-,35-,36-,37-,38-,39-,40-,41-,42-;;/m0../s1. The molecule has 22 rings (SSSR count). The van der Waals surface area contributed by atoms with Crippen molar-refractivity contribution in [2.75, 3.05) is 73.4 Å². The minimum atomic E-state index is -2.21. The summed E-state index contributed by atoms with van der Waals surface area (Å²) < 4.78 is 80.7. The molecule has 14 bridgehead atoms. The Morgan fingerprint density at radius 2 is 0.467 bits per heavy atom. The van der Waals surface area contributed by atoms with Gasteiger partial charge in [-0.1, -0.05) is 20.8 Å². The first kappa shape index (κ1) is 76.7. The molecular weight excluding hydrogens is 1340 g/mol. The summed E-state index contributed by atoms with van der Waals surface area (Å²) in [6.07, 6.45) is -67.4. The molecule has 0 aromatic heterocycles. The second-order valence-corrected chi connectivity index (χ2v) is 25.7. The van der Waals surface area contributed by atoms with Crippen molar-refractivity contribution in [2.24, 2.45) is 11.3 Å². The van der Waals surface area contributed by atoms with Gasteiger partial charge in [-0.25, -0.2) is 0 Å². The van der Waals surface area contributed by atoms with Crippen LogP contribution in [0.15, 0.2) is 0 Å². The van der Waals surface area contributed by atoms with Gasteiger partial charge in [0, 0.05) is 5.41 Å². The molecule has 22 aliphatic rings. The molecule has 1 unspecified atom stereocenters. The molecule has 0 aromatic carbocycles. The van der Waals surface area contributed by atoms with E-state index in [4.69, 9.17) is 66.3 Å². The average molecular weight is 1430 g/mol. The molecule has 0 radical (unpaired) electrons. The number of hydrogen-bond acceptors (Lipinski definition) is 35. The van der Waals surface area contributed by atoms with Gasteiger partial charge in [-0.05, 0) is 18.8 Å². The number of halogens is 1. The van der Waals surface area contributed by atoms with E-state index < -0.39 is 261 Å². The lowest BCUT2D eigenvalue weighted by molar-refractivity contribution is -0.895. The number of rotatable bonds is 7. The first-order valence-corrected chi connectivity index (χ1v) is 29.7. The van der Waals surface area contributed by atoms with Gasteiger partial charge in [0.1, 0.15) is 171 Å². The van der Waals surface area contributed by atoms with Gasteiger partial charge >= 0.3 is 0 Å². The predicted molar refractivity (Wildman–Crippen MR) is 282 cm³/mol. The Balaban J connectivity index is 0.000000794. The number of aliphatic hydroxyl groups excluding tert-OH is 21. The SMILES string of the molecule is CC1CC[N+](C)(C)CC(C)(C)C1.OC[C@@H]1O[C@H]2O[C@@H]3[C@@H](O)[C@H](O)[C@H](O[C@@H]4[C@@H](O)[C@H](O)[C@H](O[C@@H]5[C@@H](O)[C@@H](O)[C@H](O[C@@H]6[C@@H](O)[C@H](O)[C@H](O[C@@H]7[C@@H](O)[C@H](O)[C@H](O[C@@H]8[C@@H](O)[C@H](O)[C@H](O[C@@H]1[C@@H](O)[C@@H]2O)O[C@H]8CO)O[C@H]7CO)O[C@H]6CO)O[C@H]5CO)O[C@H]4CO)O[C@H]3CO.[I-]. The van der Waals surface area contributed by atoms with Crippen LogP contribution in [0.3, 0.4) is 0 Å². The Kier molecular flexibility index (Phi) is 27.5.